The minimum atomic E-state index is 0.502. The molecule has 0 aromatic carbocycles. The van der Waals surface area contributed by atoms with E-state index in [0.717, 1.165) is 17.8 Å². The van der Waals surface area contributed by atoms with Gasteiger partial charge in [0, 0.05) is 12.6 Å². The highest BCUT2D eigenvalue weighted by molar-refractivity contribution is 6.34. The van der Waals surface area contributed by atoms with E-state index in [9.17, 15) is 0 Å². The minimum Gasteiger partial charge on any atom is -0.382 e. The molecule has 0 aliphatic heterocycles. The average Bonchev–Trinajstić information content (AvgIpc) is 2.44. The highest BCUT2D eigenvalue weighted by Crippen LogP contribution is 2.23. The van der Waals surface area contributed by atoms with Crippen molar-refractivity contribution in [2.75, 3.05) is 5.73 Å². The third-order valence-corrected chi connectivity index (χ3v) is 2.34. The number of hydrogen-bond donors (Lipinski definition) is 1. The first kappa shape index (κ1) is 8.38. The van der Waals surface area contributed by atoms with Gasteiger partial charge in [-0.05, 0) is 12.1 Å². The van der Waals surface area contributed by atoms with Crippen LogP contribution in [0.5, 0.6) is 0 Å². The molecule has 0 saturated heterocycles. The SMILES string of the molecule is CCc1nc(N)c2c(Cl)cccn12. The normalized spacial score (nSPS) is 10.9. The zero-order valence-electron chi connectivity index (χ0n) is 7.29. The van der Waals surface area contributed by atoms with Crippen molar-refractivity contribution in [3.63, 3.8) is 0 Å². The van der Waals surface area contributed by atoms with Crippen LogP contribution in [0.4, 0.5) is 5.82 Å². The molecular weight excluding hydrogens is 186 g/mol. The lowest BCUT2D eigenvalue weighted by atomic mass is 10.4. The first-order valence-corrected chi connectivity index (χ1v) is 4.52. The lowest BCUT2D eigenvalue weighted by Crippen LogP contribution is -1.91. The van der Waals surface area contributed by atoms with Crippen LogP contribution in [0.2, 0.25) is 5.02 Å². The van der Waals surface area contributed by atoms with E-state index in [2.05, 4.69) is 4.98 Å². The van der Waals surface area contributed by atoms with Crippen LogP contribution < -0.4 is 5.73 Å². The molecule has 0 aliphatic carbocycles. The molecule has 13 heavy (non-hydrogen) atoms. The number of nitrogen functional groups attached to an aromatic ring is 1. The molecule has 0 fully saturated rings. The summed E-state index contributed by atoms with van der Waals surface area (Å²) in [6.45, 7) is 2.04. The summed E-state index contributed by atoms with van der Waals surface area (Å²) in [6, 6.07) is 3.70. The van der Waals surface area contributed by atoms with E-state index in [1.807, 2.05) is 29.7 Å². The molecule has 0 spiro atoms. The Morgan fingerprint density at radius 2 is 2.38 bits per heavy atom. The fourth-order valence-electron chi connectivity index (χ4n) is 1.44. The monoisotopic (exact) mass is 195 g/mol. The number of fused-ring (bicyclic) bond motifs is 1. The van der Waals surface area contributed by atoms with Crippen molar-refractivity contribution < 1.29 is 0 Å². The predicted molar refractivity (Wildman–Crippen MR) is 54.0 cm³/mol. The number of aromatic nitrogens is 2. The molecule has 2 N–H and O–H groups in total. The number of nitrogens with two attached hydrogens (primary N) is 1. The van der Waals surface area contributed by atoms with Gasteiger partial charge in [0.15, 0.2) is 5.82 Å². The quantitative estimate of drug-likeness (QED) is 0.758. The Kier molecular flexibility index (Phi) is 1.88. The summed E-state index contributed by atoms with van der Waals surface area (Å²) in [5.41, 5.74) is 6.54. The Bertz CT molecular complexity index is 447. The Labute approximate surface area is 81.1 Å². The lowest BCUT2D eigenvalue weighted by Gasteiger charge is -1.98. The van der Waals surface area contributed by atoms with Crippen LogP contribution in [-0.2, 0) is 6.42 Å². The second-order valence-electron chi connectivity index (χ2n) is 2.84. The predicted octanol–water partition coefficient (Wildman–Crippen LogP) is 2.13. The van der Waals surface area contributed by atoms with Crippen molar-refractivity contribution in [1.82, 2.24) is 9.38 Å². The van der Waals surface area contributed by atoms with Gasteiger partial charge in [0.25, 0.3) is 0 Å². The summed E-state index contributed by atoms with van der Waals surface area (Å²) in [7, 11) is 0. The van der Waals surface area contributed by atoms with Gasteiger partial charge in [-0.3, -0.25) is 0 Å². The van der Waals surface area contributed by atoms with Gasteiger partial charge >= 0.3 is 0 Å². The van der Waals surface area contributed by atoms with Crippen molar-refractivity contribution in [2.24, 2.45) is 0 Å². The summed E-state index contributed by atoms with van der Waals surface area (Å²) in [5.74, 6) is 1.44. The summed E-state index contributed by atoms with van der Waals surface area (Å²) < 4.78 is 1.93. The molecule has 4 heteroatoms. The van der Waals surface area contributed by atoms with Crippen LogP contribution in [0.3, 0.4) is 0 Å². The number of nitrogens with zero attached hydrogens (tertiary/aromatic N) is 2. The fraction of sp³-hybridized carbons (Fsp3) is 0.222. The highest BCUT2D eigenvalue weighted by Gasteiger charge is 2.08. The largest absolute Gasteiger partial charge is 0.382 e. The van der Waals surface area contributed by atoms with Gasteiger partial charge in [-0.15, -0.1) is 0 Å². The van der Waals surface area contributed by atoms with E-state index in [0.29, 0.717) is 10.8 Å². The molecule has 0 radical (unpaired) electrons. The smallest absolute Gasteiger partial charge is 0.151 e. The van der Waals surface area contributed by atoms with Crippen molar-refractivity contribution in [3.8, 4) is 0 Å². The molecule has 2 rings (SSSR count). The van der Waals surface area contributed by atoms with Gasteiger partial charge in [0.2, 0.25) is 0 Å². The van der Waals surface area contributed by atoms with Crippen LogP contribution in [0.1, 0.15) is 12.7 Å². The van der Waals surface area contributed by atoms with E-state index >= 15 is 0 Å². The van der Waals surface area contributed by atoms with E-state index in [-0.39, 0.29) is 0 Å². The van der Waals surface area contributed by atoms with Crippen LogP contribution in [0.15, 0.2) is 18.3 Å². The standard InChI is InChI=1S/C9H10ClN3/c1-2-7-12-9(11)8-6(10)4-3-5-13(7)8/h3-5H,2,11H2,1H3. The third-order valence-electron chi connectivity index (χ3n) is 2.03. The maximum atomic E-state index is 5.99. The highest BCUT2D eigenvalue weighted by atomic mass is 35.5. The molecule has 2 aromatic heterocycles. The molecule has 0 unspecified atom stereocenters. The Morgan fingerprint density at radius 1 is 1.62 bits per heavy atom. The van der Waals surface area contributed by atoms with Gasteiger partial charge in [-0.25, -0.2) is 4.98 Å². The molecule has 0 atom stereocenters. The summed E-state index contributed by atoms with van der Waals surface area (Å²) in [6.07, 6.45) is 2.77. The van der Waals surface area contributed by atoms with Gasteiger partial charge < -0.3 is 10.1 Å². The summed E-state index contributed by atoms with van der Waals surface area (Å²) >= 11 is 5.99. The zero-order valence-corrected chi connectivity index (χ0v) is 8.04. The number of rotatable bonds is 1. The zero-order chi connectivity index (χ0) is 9.42. The Hall–Kier alpha value is -1.22. The van der Waals surface area contributed by atoms with Crippen molar-refractivity contribution >= 4 is 22.9 Å². The van der Waals surface area contributed by atoms with Gasteiger partial charge in [-0.1, -0.05) is 18.5 Å². The number of aryl methyl sites for hydroxylation is 1. The van der Waals surface area contributed by atoms with Crippen molar-refractivity contribution in [1.29, 1.82) is 0 Å². The Balaban J connectivity index is 2.87. The number of hydrogen-bond acceptors (Lipinski definition) is 2. The van der Waals surface area contributed by atoms with E-state index < -0.39 is 0 Å². The molecule has 3 nitrogen and oxygen atoms in total. The molecule has 2 aromatic rings. The number of anilines is 1. The summed E-state index contributed by atoms with van der Waals surface area (Å²) in [5, 5.41) is 0.646. The second kappa shape index (κ2) is 2.92. The van der Waals surface area contributed by atoms with Gasteiger partial charge in [0.1, 0.15) is 11.3 Å². The van der Waals surface area contributed by atoms with E-state index in [1.54, 1.807) is 0 Å². The molecule has 2 heterocycles. The minimum absolute atomic E-state index is 0.502. The third kappa shape index (κ3) is 1.16. The molecule has 68 valence electrons. The lowest BCUT2D eigenvalue weighted by molar-refractivity contribution is 0.935. The molecule has 0 amide bonds. The first-order valence-electron chi connectivity index (χ1n) is 4.15. The maximum Gasteiger partial charge on any atom is 0.151 e. The maximum absolute atomic E-state index is 5.99. The van der Waals surface area contributed by atoms with Gasteiger partial charge in [-0.2, -0.15) is 0 Å². The second-order valence-corrected chi connectivity index (χ2v) is 3.25. The Morgan fingerprint density at radius 3 is 3.08 bits per heavy atom. The van der Waals surface area contributed by atoms with Gasteiger partial charge in [0.05, 0.1) is 5.02 Å². The first-order chi connectivity index (χ1) is 6.24. The average molecular weight is 196 g/mol. The van der Waals surface area contributed by atoms with E-state index in [4.69, 9.17) is 17.3 Å². The van der Waals surface area contributed by atoms with E-state index in [1.165, 1.54) is 0 Å². The topological polar surface area (TPSA) is 43.3 Å². The fourth-order valence-corrected chi connectivity index (χ4v) is 1.70. The summed E-state index contributed by atoms with van der Waals surface area (Å²) in [4.78, 5) is 4.23. The number of halogens is 1. The van der Waals surface area contributed by atoms with Crippen LogP contribution in [0.25, 0.3) is 5.52 Å². The van der Waals surface area contributed by atoms with Crippen LogP contribution in [-0.4, -0.2) is 9.38 Å². The molecule has 0 saturated carbocycles. The van der Waals surface area contributed by atoms with Crippen molar-refractivity contribution in [3.05, 3.63) is 29.2 Å². The molecule has 0 aliphatic rings. The molecular formula is C9H10ClN3. The number of imidazole rings is 1. The van der Waals surface area contributed by atoms with Crippen molar-refractivity contribution in [2.45, 2.75) is 13.3 Å². The molecule has 0 bridgehead atoms. The number of pyridine rings is 1. The van der Waals surface area contributed by atoms with Crippen LogP contribution >= 0.6 is 11.6 Å². The van der Waals surface area contributed by atoms with Crippen LogP contribution in [0, 0.1) is 0 Å².